The van der Waals surface area contributed by atoms with Crippen LogP contribution in [0.1, 0.15) is 13.3 Å². The van der Waals surface area contributed by atoms with E-state index in [9.17, 15) is 9.00 Å². The molecule has 0 saturated heterocycles. The lowest BCUT2D eigenvalue weighted by molar-refractivity contribution is -0.116. The van der Waals surface area contributed by atoms with Gasteiger partial charge in [0, 0.05) is 17.1 Å². The van der Waals surface area contributed by atoms with E-state index in [-0.39, 0.29) is 5.78 Å². The molecule has 3 heteroatoms. The second-order valence-corrected chi connectivity index (χ2v) is 4.39. The normalized spacial score (nSPS) is 12.4. The molecule has 1 aromatic carbocycles. The summed E-state index contributed by atoms with van der Waals surface area (Å²) in [5.74, 6) is 0.517. The molecule has 0 heterocycles. The SMILES string of the molecule is CC(=O)CC[S@](=O)c1ccccc1. The van der Waals surface area contributed by atoms with Crippen molar-refractivity contribution in [1.82, 2.24) is 0 Å². The third kappa shape index (κ3) is 3.51. The van der Waals surface area contributed by atoms with Gasteiger partial charge in [-0.2, -0.15) is 0 Å². The molecule has 0 saturated carbocycles. The molecule has 1 rings (SSSR count). The van der Waals surface area contributed by atoms with Crippen molar-refractivity contribution in [2.45, 2.75) is 18.2 Å². The zero-order valence-electron chi connectivity index (χ0n) is 7.53. The van der Waals surface area contributed by atoms with Crippen LogP contribution in [0.25, 0.3) is 0 Å². The van der Waals surface area contributed by atoms with E-state index in [2.05, 4.69) is 0 Å². The molecule has 0 N–H and O–H groups in total. The van der Waals surface area contributed by atoms with Gasteiger partial charge in [-0.25, -0.2) is 0 Å². The smallest absolute Gasteiger partial charge is 0.130 e. The molecule has 0 aliphatic rings. The van der Waals surface area contributed by atoms with Crippen LogP contribution in [0.2, 0.25) is 0 Å². The Balaban J connectivity index is 2.54. The van der Waals surface area contributed by atoms with E-state index in [0.29, 0.717) is 12.2 Å². The maximum absolute atomic E-state index is 11.5. The summed E-state index contributed by atoms with van der Waals surface area (Å²) in [6.07, 6.45) is 0.390. The second-order valence-electron chi connectivity index (χ2n) is 2.81. The van der Waals surface area contributed by atoms with Crippen molar-refractivity contribution in [1.29, 1.82) is 0 Å². The number of hydrogen-bond acceptors (Lipinski definition) is 2. The second kappa shape index (κ2) is 4.92. The summed E-state index contributed by atoms with van der Waals surface area (Å²) in [5.41, 5.74) is 0. The first-order valence-electron chi connectivity index (χ1n) is 4.13. The van der Waals surface area contributed by atoms with Crippen molar-refractivity contribution in [3.63, 3.8) is 0 Å². The predicted octanol–water partition coefficient (Wildman–Crippen LogP) is 1.77. The molecule has 0 spiro atoms. The largest absolute Gasteiger partial charge is 0.300 e. The third-order valence-electron chi connectivity index (χ3n) is 1.65. The Hall–Kier alpha value is -0.960. The molecular weight excluding hydrogens is 184 g/mol. The standard InChI is InChI=1S/C10H12O2S/c1-9(11)7-8-13(12)10-5-3-2-4-6-10/h2-6H,7-8H2,1H3/t13-/m0/s1. The van der Waals surface area contributed by atoms with Gasteiger partial charge >= 0.3 is 0 Å². The van der Waals surface area contributed by atoms with Gasteiger partial charge in [-0.1, -0.05) is 18.2 Å². The Morgan fingerprint density at radius 2 is 1.92 bits per heavy atom. The number of carbonyl (C=O) groups excluding carboxylic acids is 1. The third-order valence-corrected chi connectivity index (χ3v) is 3.02. The summed E-state index contributed by atoms with van der Waals surface area (Å²) < 4.78 is 11.5. The first-order valence-corrected chi connectivity index (χ1v) is 5.45. The molecular formula is C10H12O2S. The summed E-state index contributed by atoms with van der Waals surface area (Å²) in [7, 11) is -1.02. The van der Waals surface area contributed by atoms with Crippen LogP contribution in [0.4, 0.5) is 0 Å². The lowest BCUT2D eigenvalue weighted by Crippen LogP contribution is -2.02. The quantitative estimate of drug-likeness (QED) is 0.735. The van der Waals surface area contributed by atoms with Crippen molar-refractivity contribution in [2.75, 3.05) is 5.75 Å². The van der Waals surface area contributed by atoms with E-state index in [0.717, 1.165) is 4.90 Å². The van der Waals surface area contributed by atoms with Gasteiger partial charge in [0.2, 0.25) is 0 Å². The Bertz CT molecular complexity index is 306. The summed E-state index contributed by atoms with van der Waals surface area (Å²) in [6, 6.07) is 9.21. The van der Waals surface area contributed by atoms with Gasteiger partial charge in [-0.05, 0) is 19.1 Å². The van der Waals surface area contributed by atoms with Gasteiger partial charge in [0.05, 0.1) is 10.8 Å². The first kappa shape index (κ1) is 10.1. The lowest BCUT2D eigenvalue weighted by atomic mass is 10.4. The monoisotopic (exact) mass is 196 g/mol. The predicted molar refractivity (Wildman–Crippen MR) is 53.0 cm³/mol. The molecule has 1 aromatic rings. The highest BCUT2D eigenvalue weighted by Crippen LogP contribution is 2.06. The number of carbonyl (C=O) groups is 1. The molecule has 0 amide bonds. The zero-order valence-corrected chi connectivity index (χ0v) is 8.34. The summed E-state index contributed by atoms with van der Waals surface area (Å²) >= 11 is 0. The van der Waals surface area contributed by atoms with Crippen LogP contribution in [-0.2, 0) is 15.6 Å². The number of ketones is 1. The van der Waals surface area contributed by atoms with Crippen molar-refractivity contribution in [3.05, 3.63) is 30.3 Å². The van der Waals surface area contributed by atoms with E-state index < -0.39 is 10.8 Å². The number of benzene rings is 1. The van der Waals surface area contributed by atoms with Gasteiger partial charge in [0.1, 0.15) is 5.78 Å². The Labute approximate surface area is 80.4 Å². The average molecular weight is 196 g/mol. The molecule has 0 bridgehead atoms. The highest BCUT2D eigenvalue weighted by Gasteiger charge is 2.03. The van der Waals surface area contributed by atoms with Crippen LogP contribution in [0.3, 0.4) is 0 Å². The van der Waals surface area contributed by atoms with Gasteiger partial charge in [-0.15, -0.1) is 0 Å². The zero-order chi connectivity index (χ0) is 9.68. The van der Waals surface area contributed by atoms with Gasteiger partial charge < -0.3 is 0 Å². The highest BCUT2D eigenvalue weighted by molar-refractivity contribution is 7.85. The Morgan fingerprint density at radius 3 is 2.46 bits per heavy atom. The van der Waals surface area contributed by atoms with E-state index in [4.69, 9.17) is 0 Å². The molecule has 2 nitrogen and oxygen atoms in total. The molecule has 0 radical (unpaired) electrons. The Morgan fingerprint density at radius 1 is 1.31 bits per heavy atom. The highest BCUT2D eigenvalue weighted by atomic mass is 32.2. The molecule has 13 heavy (non-hydrogen) atoms. The van der Waals surface area contributed by atoms with Crippen LogP contribution in [0.5, 0.6) is 0 Å². The topological polar surface area (TPSA) is 34.1 Å². The molecule has 0 fully saturated rings. The summed E-state index contributed by atoms with van der Waals surface area (Å²) in [5, 5.41) is 0. The number of Topliss-reactive ketones (excluding diaryl/α,β-unsaturated/α-hetero) is 1. The number of rotatable bonds is 4. The molecule has 0 unspecified atom stereocenters. The van der Waals surface area contributed by atoms with E-state index in [1.54, 1.807) is 0 Å². The first-order chi connectivity index (χ1) is 6.20. The fourth-order valence-corrected chi connectivity index (χ4v) is 2.10. The van der Waals surface area contributed by atoms with Crippen molar-refractivity contribution < 1.29 is 9.00 Å². The van der Waals surface area contributed by atoms with E-state index in [1.807, 2.05) is 30.3 Å². The fourth-order valence-electron chi connectivity index (χ4n) is 0.927. The van der Waals surface area contributed by atoms with Crippen LogP contribution >= 0.6 is 0 Å². The van der Waals surface area contributed by atoms with Gasteiger partial charge in [-0.3, -0.25) is 9.00 Å². The maximum atomic E-state index is 11.5. The minimum Gasteiger partial charge on any atom is -0.300 e. The molecule has 0 aromatic heterocycles. The fraction of sp³-hybridized carbons (Fsp3) is 0.300. The molecule has 0 aliphatic heterocycles. The van der Waals surface area contributed by atoms with Gasteiger partial charge in [0.25, 0.3) is 0 Å². The maximum Gasteiger partial charge on any atom is 0.130 e. The van der Waals surface area contributed by atoms with Crippen LogP contribution < -0.4 is 0 Å². The lowest BCUT2D eigenvalue weighted by Gasteiger charge is -1.99. The Kier molecular flexibility index (Phi) is 3.83. The molecule has 0 aliphatic carbocycles. The summed E-state index contributed by atoms with van der Waals surface area (Å²) in [4.78, 5) is 11.4. The van der Waals surface area contributed by atoms with Crippen LogP contribution in [-0.4, -0.2) is 15.7 Å². The van der Waals surface area contributed by atoms with Crippen LogP contribution in [0.15, 0.2) is 35.2 Å². The molecule has 1 atom stereocenters. The molecule has 70 valence electrons. The van der Waals surface area contributed by atoms with E-state index in [1.165, 1.54) is 6.92 Å². The average Bonchev–Trinajstić information content (AvgIpc) is 2.15. The van der Waals surface area contributed by atoms with E-state index >= 15 is 0 Å². The van der Waals surface area contributed by atoms with Crippen molar-refractivity contribution in [3.8, 4) is 0 Å². The van der Waals surface area contributed by atoms with Crippen molar-refractivity contribution >= 4 is 16.6 Å². The minimum atomic E-state index is -1.02. The minimum absolute atomic E-state index is 0.0873. The van der Waals surface area contributed by atoms with Crippen molar-refractivity contribution in [2.24, 2.45) is 0 Å². The summed E-state index contributed by atoms with van der Waals surface area (Å²) in [6.45, 7) is 1.52. The van der Waals surface area contributed by atoms with Gasteiger partial charge in [0.15, 0.2) is 0 Å². The van der Waals surface area contributed by atoms with Crippen LogP contribution in [0, 0.1) is 0 Å². The number of hydrogen-bond donors (Lipinski definition) is 0.